The molecular formula is C22H21N3O4. The van der Waals surface area contributed by atoms with Crippen LogP contribution < -0.4 is 15.4 Å². The minimum atomic E-state index is -0.419. The highest BCUT2D eigenvalue weighted by Crippen LogP contribution is 2.22. The van der Waals surface area contributed by atoms with E-state index in [1.165, 1.54) is 6.20 Å². The number of aromatic nitrogens is 1. The Bertz CT molecular complexity index is 1000. The lowest BCUT2D eigenvalue weighted by Crippen LogP contribution is -2.12. The molecule has 0 fully saturated rings. The number of hydrogen-bond acceptors (Lipinski definition) is 6. The van der Waals surface area contributed by atoms with Gasteiger partial charge in [-0.2, -0.15) is 0 Å². The van der Waals surface area contributed by atoms with Crippen molar-refractivity contribution >= 4 is 28.9 Å². The number of carbonyl (C=O) groups is 2. The minimum Gasteiger partial charge on any atom is -0.497 e. The molecule has 0 aliphatic carbocycles. The molecule has 2 N–H and O–H groups in total. The standard InChI is InChI=1S/C22H21N3O4/c1-3-29-22(27)19-6-4-5-7-20(19)24-17-12-15(13-23-14-17)21(26)25-16-8-10-18(28-2)11-9-16/h4-14,24H,3H2,1-2H3,(H,25,26). The Labute approximate surface area is 168 Å². The normalized spacial score (nSPS) is 10.1. The number of nitrogens with one attached hydrogen (secondary N) is 2. The van der Waals surface area contributed by atoms with Crippen molar-refractivity contribution in [2.45, 2.75) is 6.92 Å². The maximum atomic E-state index is 12.5. The Kier molecular flexibility index (Phi) is 6.42. The average molecular weight is 391 g/mol. The van der Waals surface area contributed by atoms with Crippen LogP contribution in [-0.2, 0) is 4.74 Å². The largest absolute Gasteiger partial charge is 0.497 e. The number of methoxy groups -OCH3 is 1. The molecule has 3 aromatic rings. The van der Waals surface area contributed by atoms with Gasteiger partial charge in [0.05, 0.1) is 42.4 Å². The van der Waals surface area contributed by atoms with Crippen molar-refractivity contribution in [3.8, 4) is 5.75 Å². The third kappa shape index (κ3) is 5.10. The predicted octanol–water partition coefficient (Wildman–Crippen LogP) is 4.26. The van der Waals surface area contributed by atoms with E-state index in [0.29, 0.717) is 33.9 Å². The van der Waals surface area contributed by atoms with Gasteiger partial charge in [-0.15, -0.1) is 0 Å². The summed E-state index contributed by atoms with van der Waals surface area (Å²) in [5.41, 5.74) is 2.56. The molecule has 1 aromatic heterocycles. The van der Waals surface area contributed by atoms with E-state index in [-0.39, 0.29) is 12.5 Å². The van der Waals surface area contributed by atoms with Gasteiger partial charge in [0, 0.05) is 11.9 Å². The maximum Gasteiger partial charge on any atom is 0.340 e. The molecule has 0 atom stereocenters. The summed E-state index contributed by atoms with van der Waals surface area (Å²) >= 11 is 0. The van der Waals surface area contributed by atoms with Crippen LogP contribution in [0, 0.1) is 0 Å². The van der Waals surface area contributed by atoms with Crippen molar-refractivity contribution < 1.29 is 19.1 Å². The van der Waals surface area contributed by atoms with Gasteiger partial charge in [0.1, 0.15) is 5.75 Å². The second-order valence-electron chi connectivity index (χ2n) is 6.04. The molecule has 0 spiro atoms. The van der Waals surface area contributed by atoms with Crippen LogP contribution in [0.2, 0.25) is 0 Å². The Morgan fingerprint density at radius 2 is 1.76 bits per heavy atom. The van der Waals surface area contributed by atoms with Gasteiger partial charge in [-0.25, -0.2) is 4.79 Å². The summed E-state index contributed by atoms with van der Waals surface area (Å²) in [6, 6.07) is 15.7. The van der Waals surface area contributed by atoms with Crippen molar-refractivity contribution in [2.24, 2.45) is 0 Å². The lowest BCUT2D eigenvalue weighted by Gasteiger charge is -2.12. The Morgan fingerprint density at radius 3 is 2.48 bits per heavy atom. The number of benzene rings is 2. The van der Waals surface area contributed by atoms with Crippen LogP contribution in [0.15, 0.2) is 67.0 Å². The van der Waals surface area contributed by atoms with Crippen LogP contribution in [0.1, 0.15) is 27.6 Å². The van der Waals surface area contributed by atoms with E-state index in [9.17, 15) is 9.59 Å². The molecule has 29 heavy (non-hydrogen) atoms. The van der Waals surface area contributed by atoms with E-state index in [2.05, 4.69) is 15.6 Å². The van der Waals surface area contributed by atoms with E-state index in [4.69, 9.17) is 9.47 Å². The number of pyridine rings is 1. The molecule has 0 radical (unpaired) electrons. The quantitative estimate of drug-likeness (QED) is 0.585. The number of rotatable bonds is 7. The molecule has 2 aromatic carbocycles. The minimum absolute atomic E-state index is 0.287. The second kappa shape index (κ2) is 9.36. The predicted molar refractivity (Wildman–Crippen MR) is 111 cm³/mol. The molecule has 148 valence electrons. The van der Waals surface area contributed by atoms with E-state index >= 15 is 0 Å². The number of amides is 1. The highest BCUT2D eigenvalue weighted by molar-refractivity contribution is 6.04. The van der Waals surface area contributed by atoms with E-state index in [1.807, 2.05) is 0 Å². The van der Waals surface area contributed by atoms with Gasteiger partial charge in [0.15, 0.2) is 0 Å². The topological polar surface area (TPSA) is 89.5 Å². The third-order valence-electron chi connectivity index (χ3n) is 4.05. The highest BCUT2D eigenvalue weighted by atomic mass is 16.5. The van der Waals surface area contributed by atoms with Gasteiger partial charge in [-0.3, -0.25) is 9.78 Å². The molecule has 0 saturated heterocycles. The van der Waals surface area contributed by atoms with Crippen LogP contribution in [0.3, 0.4) is 0 Å². The van der Waals surface area contributed by atoms with E-state index in [1.54, 1.807) is 74.8 Å². The summed E-state index contributed by atoms with van der Waals surface area (Å²) in [4.78, 5) is 28.8. The van der Waals surface area contributed by atoms with Gasteiger partial charge < -0.3 is 20.1 Å². The summed E-state index contributed by atoms with van der Waals surface area (Å²) in [5.74, 6) is -0.0157. The van der Waals surface area contributed by atoms with Crippen molar-refractivity contribution in [2.75, 3.05) is 24.4 Å². The molecule has 3 rings (SSSR count). The monoisotopic (exact) mass is 391 g/mol. The molecule has 7 heteroatoms. The molecule has 1 heterocycles. The SMILES string of the molecule is CCOC(=O)c1ccccc1Nc1cncc(C(=O)Nc2ccc(OC)cc2)c1. The lowest BCUT2D eigenvalue weighted by molar-refractivity contribution is 0.0527. The molecule has 0 unspecified atom stereocenters. The number of nitrogens with zero attached hydrogens (tertiary/aromatic N) is 1. The van der Waals surface area contributed by atoms with Crippen LogP contribution in [0.5, 0.6) is 5.75 Å². The lowest BCUT2D eigenvalue weighted by atomic mass is 10.1. The number of esters is 1. The molecule has 1 amide bonds. The van der Waals surface area contributed by atoms with Crippen LogP contribution in [-0.4, -0.2) is 30.6 Å². The molecule has 0 aliphatic rings. The molecule has 7 nitrogen and oxygen atoms in total. The van der Waals surface area contributed by atoms with Crippen molar-refractivity contribution in [1.29, 1.82) is 0 Å². The van der Waals surface area contributed by atoms with Crippen molar-refractivity contribution in [3.05, 3.63) is 78.1 Å². The van der Waals surface area contributed by atoms with Gasteiger partial charge in [-0.1, -0.05) is 12.1 Å². The Hall–Kier alpha value is -3.87. The fraction of sp³-hybridized carbons (Fsp3) is 0.136. The van der Waals surface area contributed by atoms with Crippen LogP contribution >= 0.6 is 0 Å². The first-order valence-corrected chi connectivity index (χ1v) is 9.04. The summed E-state index contributed by atoms with van der Waals surface area (Å²) < 4.78 is 10.2. The van der Waals surface area contributed by atoms with Crippen LogP contribution in [0.25, 0.3) is 0 Å². The maximum absolute atomic E-state index is 12.5. The number of hydrogen-bond donors (Lipinski definition) is 2. The summed E-state index contributed by atoms with van der Waals surface area (Å²) in [7, 11) is 1.58. The Morgan fingerprint density at radius 1 is 1.00 bits per heavy atom. The molecule has 0 bridgehead atoms. The first-order chi connectivity index (χ1) is 14.1. The van der Waals surface area contributed by atoms with E-state index < -0.39 is 5.97 Å². The first-order valence-electron chi connectivity index (χ1n) is 9.04. The Balaban J connectivity index is 1.76. The third-order valence-corrected chi connectivity index (χ3v) is 4.05. The van der Waals surface area contributed by atoms with E-state index in [0.717, 1.165) is 0 Å². The molecule has 0 saturated carbocycles. The number of para-hydroxylation sites is 1. The van der Waals surface area contributed by atoms with Gasteiger partial charge in [-0.05, 0) is 49.4 Å². The highest BCUT2D eigenvalue weighted by Gasteiger charge is 2.13. The molecular weight excluding hydrogens is 370 g/mol. The second-order valence-corrected chi connectivity index (χ2v) is 6.04. The fourth-order valence-corrected chi connectivity index (χ4v) is 2.64. The van der Waals surface area contributed by atoms with Gasteiger partial charge in [0.25, 0.3) is 5.91 Å². The summed E-state index contributed by atoms with van der Waals surface area (Å²) in [6.07, 6.45) is 3.05. The van der Waals surface area contributed by atoms with Gasteiger partial charge in [0.2, 0.25) is 0 Å². The van der Waals surface area contributed by atoms with Crippen molar-refractivity contribution in [1.82, 2.24) is 4.98 Å². The number of anilines is 3. The number of ether oxygens (including phenoxy) is 2. The first kappa shape index (κ1) is 19.9. The summed E-state index contributed by atoms with van der Waals surface area (Å²) in [5, 5.41) is 5.94. The van der Waals surface area contributed by atoms with Crippen molar-refractivity contribution in [3.63, 3.8) is 0 Å². The zero-order valence-electron chi connectivity index (χ0n) is 16.1. The van der Waals surface area contributed by atoms with Gasteiger partial charge >= 0.3 is 5.97 Å². The summed E-state index contributed by atoms with van der Waals surface area (Å²) in [6.45, 7) is 2.04. The van der Waals surface area contributed by atoms with Crippen LogP contribution in [0.4, 0.5) is 17.1 Å². The smallest absolute Gasteiger partial charge is 0.340 e. The average Bonchev–Trinajstić information content (AvgIpc) is 2.75. The fourth-order valence-electron chi connectivity index (χ4n) is 2.64. The zero-order chi connectivity index (χ0) is 20.6. The number of carbonyl (C=O) groups excluding carboxylic acids is 2. The molecule has 0 aliphatic heterocycles. The zero-order valence-corrected chi connectivity index (χ0v) is 16.1.